The summed E-state index contributed by atoms with van der Waals surface area (Å²) >= 11 is 5.43. The largest absolute Gasteiger partial charge is 0.481 e. The SMILES string of the molecule is Cc1c(CC(=O)O)cccc1CC(=O)CCl. The Morgan fingerprint density at radius 1 is 1.25 bits per heavy atom. The number of carbonyl (C=O) groups is 2. The van der Waals surface area contributed by atoms with E-state index in [2.05, 4.69) is 0 Å². The molecule has 1 aromatic carbocycles. The molecular formula is C12H13ClO3. The van der Waals surface area contributed by atoms with Gasteiger partial charge in [-0.3, -0.25) is 9.59 Å². The summed E-state index contributed by atoms with van der Waals surface area (Å²) in [6.07, 6.45) is 0.248. The molecule has 1 rings (SSSR count). The number of carboxylic acid groups (broad SMARTS) is 1. The van der Waals surface area contributed by atoms with Crippen LogP contribution in [-0.2, 0) is 22.4 Å². The number of ketones is 1. The summed E-state index contributed by atoms with van der Waals surface area (Å²) in [4.78, 5) is 21.8. The van der Waals surface area contributed by atoms with Crippen molar-refractivity contribution in [2.24, 2.45) is 0 Å². The van der Waals surface area contributed by atoms with E-state index in [0.29, 0.717) is 0 Å². The Bertz CT molecular complexity index is 413. The van der Waals surface area contributed by atoms with E-state index in [1.54, 1.807) is 12.1 Å². The molecule has 1 N–H and O–H groups in total. The summed E-state index contributed by atoms with van der Waals surface area (Å²) in [6, 6.07) is 5.35. The maximum absolute atomic E-state index is 11.2. The van der Waals surface area contributed by atoms with Gasteiger partial charge in [-0.15, -0.1) is 11.6 Å². The minimum atomic E-state index is -0.871. The number of halogens is 1. The lowest BCUT2D eigenvalue weighted by Gasteiger charge is -2.08. The number of aliphatic carboxylic acids is 1. The molecule has 0 amide bonds. The standard InChI is InChI=1S/C12H13ClO3/c1-8-9(5-11(14)7-13)3-2-4-10(8)6-12(15)16/h2-4H,5-7H2,1H3,(H,15,16). The van der Waals surface area contributed by atoms with E-state index in [1.807, 2.05) is 13.0 Å². The van der Waals surface area contributed by atoms with Crippen molar-refractivity contribution in [3.8, 4) is 0 Å². The van der Waals surface area contributed by atoms with Crippen molar-refractivity contribution in [1.82, 2.24) is 0 Å². The van der Waals surface area contributed by atoms with Gasteiger partial charge < -0.3 is 5.11 Å². The molecular weight excluding hydrogens is 228 g/mol. The van der Waals surface area contributed by atoms with Crippen molar-refractivity contribution in [2.45, 2.75) is 19.8 Å². The van der Waals surface area contributed by atoms with Crippen LogP contribution in [0.25, 0.3) is 0 Å². The number of rotatable bonds is 5. The van der Waals surface area contributed by atoms with Crippen molar-refractivity contribution in [3.05, 3.63) is 34.9 Å². The van der Waals surface area contributed by atoms with Gasteiger partial charge in [0.15, 0.2) is 5.78 Å². The maximum atomic E-state index is 11.2. The summed E-state index contributed by atoms with van der Waals surface area (Å²) in [6.45, 7) is 1.83. The van der Waals surface area contributed by atoms with Gasteiger partial charge in [-0.1, -0.05) is 18.2 Å². The summed E-state index contributed by atoms with van der Waals surface area (Å²) in [7, 11) is 0. The number of hydrogen-bond donors (Lipinski definition) is 1. The van der Waals surface area contributed by atoms with Gasteiger partial charge in [-0.2, -0.15) is 0 Å². The summed E-state index contributed by atoms with van der Waals surface area (Å²) in [5.41, 5.74) is 2.46. The smallest absolute Gasteiger partial charge is 0.307 e. The highest BCUT2D eigenvalue weighted by molar-refractivity contribution is 6.27. The molecule has 0 aliphatic heterocycles. The highest BCUT2D eigenvalue weighted by atomic mass is 35.5. The van der Waals surface area contributed by atoms with Crippen LogP contribution >= 0.6 is 11.6 Å². The summed E-state index contributed by atoms with van der Waals surface area (Å²) in [5, 5.41) is 8.72. The lowest BCUT2D eigenvalue weighted by Crippen LogP contribution is -2.08. The Kier molecular flexibility index (Phi) is 4.50. The molecule has 0 spiro atoms. The van der Waals surface area contributed by atoms with Gasteiger partial charge in [0.05, 0.1) is 12.3 Å². The van der Waals surface area contributed by atoms with Crippen LogP contribution in [0.3, 0.4) is 0 Å². The van der Waals surface area contributed by atoms with E-state index in [4.69, 9.17) is 16.7 Å². The topological polar surface area (TPSA) is 54.4 Å². The molecule has 0 aliphatic rings. The molecule has 0 radical (unpaired) electrons. The van der Waals surface area contributed by atoms with E-state index in [0.717, 1.165) is 16.7 Å². The zero-order valence-corrected chi connectivity index (χ0v) is 9.75. The number of carbonyl (C=O) groups excluding carboxylic acids is 1. The number of Topliss-reactive ketones (excluding diaryl/α,β-unsaturated/α-hetero) is 1. The fourth-order valence-electron chi connectivity index (χ4n) is 1.54. The predicted molar refractivity (Wildman–Crippen MR) is 61.9 cm³/mol. The second-order valence-corrected chi connectivity index (χ2v) is 3.89. The minimum Gasteiger partial charge on any atom is -0.481 e. The monoisotopic (exact) mass is 240 g/mol. The molecule has 0 aliphatic carbocycles. The fraction of sp³-hybridized carbons (Fsp3) is 0.333. The van der Waals surface area contributed by atoms with Crippen molar-refractivity contribution in [2.75, 3.05) is 5.88 Å². The third-order valence-corrected chi connectivity index (χ3v) is 2.73. The Balaban J connectivity index is 2.94. The summed E-state index contributed by atoms with van der Waals surface area (Å²) < 4.78 is 0. The minimum absolute atomic E-state index is 0.0113. The van der Waals surface area contributed by atoms with Gasteiger partial charge in [0.1, 0.15) is 0 Å². The molecule has 86 valence electrons. The van der Waals surface area contributed by atoms with Crippen LogP contribution < -0.4 is 0 Å². The van der Waals surface area contributed by atoms with E-state index < -0.39 is 5.97 Å². The van der Waals surface area contributed by atoms with E-state index in [1.165, 1.54) is 0 Å². The molecule has 3 nitrogen and oxygen atoms in total. The average Bonchev–Trinajstić information content (AvgIpc) is 2.23. The van der Waals surface area contributed by atoms with Crippen LogP contribution in [0.2, 0.25) is 0 Å². The van der Waals surface area contributed by atoms with Gasteiger partial charge in [-0.05, 0) is 23.6 Å². The number of hydrogen-bond acceptors (Lipinski definition) is 2. The first-order valence-corrected chi connectivity index (χ1v) is 5.45. The van der Waals surface area contributed by atoms with Gasteiger partial charge >= 0.3 is 5.97 Å². The lowest BCUT2D eigenvalue weighted by molar-refractivity contribution is -0.136. The first-order chi connectivity index (χ1) is 7.54. The first kappa shape index (κ1) is 12.7. The van der Waals surface area contributed by atoms with Gasteiger partial charge in [0.25, 0.3) is 0 Å². The maximum Gasteiger partial charge on any atom is 0.307 e. The second-order valence-electron chi connectivity index (χ2n) is 3.62. The van der Waals surface area contributed by atoms with Crippen LogP contribution in [0.4, 0.5) is 0 Å². The molecule has 1 aromatic rings. The Hall–Kier alpha value is -1.35. The average molecular weight is 241 g/mol. The van der Waals surface area contributed by atoms with Crippen molar-refractivity contribution in [1.29, 1.82) is 0 Å². The van der Waals surface area contributed by atoms with Crippen LogP contribution in [0.15, 0.2) is 18.2 Å². The van der Waals surface area contributed by atoms with E-state index in [-0.39, 0.29) is 24.5 Å². The predicted octanol–water partition coefficient (Wildman–Crippen LogP) is 1.97. The van der Waals surface area contributed by atoms with Gasteiger partial charge in [0.2, 0.25) is 0 Å². The van der Waals surface area contributed by atoms with Crippen LogP contribution in [0.1, 0.15) is 16.7 Å². The first-order valence-electron chi connectivity index (χ1n) is 4.91. The molecule has 0 atom stereocenters. The highest BCUT2D eigenvalue weighted by Gasteiger charge is 2.09. The van der Waals surface area contributed by atoms with E-state index in [9.17, 15) is 9.59 Å². The van der Waals surface area contributed by atoms with Crippen LogP contribution in [-0.4, -0.2) is 22.7 Å². The second kappa shape index (κ2) is 5.66. The zero-order chi connectivity index (χ0) is 12.1. The quantitative estimate of drug-likeness (QED) is 0.801. The molecule has 0 heterocycles. The molecule has 4 heteroatoms. The molecule has 0 unspecified atom stereocenters. The van der Waals surface area contributed by atoms with Gasteiger partial charge in [0, 0.05) is 6.42 Å². The lowest BCUT2D eigenvalue weighted by atomic mass is 9.97. The molecule has 0 bridgehead atoms. The fourth-order valence-corrected chi connectivity index (χ4v) is 1.64. The Morgan fingerprint density at radius 2 is 1.81 bits per heavy atom. The molecule has 0 saturated heterocycles. The van der Waals surface area contributed by atoms with Crippen molar-refractivity contribution < 1.29 is 14.7 Å². The van der Waals surface area contributed by atoms with E-state index >= 15 is 0 Å². The Labute approximate surface area is 99.0 Å². The van der Waals surface area contributed by atoms with Crippen LogP contribution in [0.5, 0.6) is 0 Å². The number of benzene rings is 1. The molecule has 16 heavy (non-hydrogen) atoms. The number of alkyl halides is 1. The highest BCUT2D eigenvalue weighted by Crippen LogP contribution is 2.15. The molecule has 0 aromatic heterocycles. The van der Waals surface area contributed by atoms with Crippen molar-refractivity contribution >= 4 is 23.4 Å². The number of carboxylic acids is 1. The van der Waals surface area contributed by atoms with Gasteiger partial charge in [-0.25, -0.2) is 0 Å². The molecule has 0 fully saturated rings. The normalized spacial score (nSPS) is 10.1. The third-order valence-electron chi connectivity index (χ3n) is 2.44. The Morgan fingerprint density at radius 3 is 2.31 bits per heavy atom. The third kappa shape index (κ3) is 3.35. The van der Waals surface area contributed by atoms with Crippen LogP contribution in [0, 0.1) is 6.92 Å². The zero-order valence-electron chi connectivity index (χ0n) is 9.00. The van der Waals surface area contributed by atoms with Crippen molar-refractivity contribution in [3.63, 3.8) is 0 Å². The molecule has 0 saturated carbocycles. The summed E-state index contributed by atoms with van der Waals surface area (Å²) in [5.74, 6) is -0.941.